The van der Waals surface area contributed by atoms with E-state index >= 15 is 0 Å². The molecule has 106 valence electrons. The molecule has 1 aromatic carbocycles. The number of rotatable bonds is 6. The number of nitrogens with one attached hydrogen (secondary N) is 1. The molecule has 0 radical (unpaired) electrons. The molecule has 0 bridgehead atoms. The molecule has 6 nitrogen and oxygen atoms in total. The van der Waals surface area contributed by atoms with Gasteiger partial charge in [-0.1, -0.05) is 22.8 Å². The van der Waals surface area contributed by atoms with Crippen LogP contribution in [0.5, 0.6) is 0 Å². The molecule has 0 spiro atoms. The molecule has 0 aliphatic rings. The number of aryl methyl sites for hydroxylation is 1. The van der Waals surface area contributed by atoms with Gasteiger partial charge in [0.25, 0.3) is 0 Å². The van der Waals surface area contributed by atoms with E-state index in [0.717, 1.165) is 5.56 Å². The lowest BCUT2D eigenvalue weighted by molar-refractivity contribution is 0.100. The van der Waals surface area contributed by atoms with Gasteiger partial charge in [-0.3, -0.25) is 4.79 Å². The first-order valence-electron chi connectivity index (χ1n) is 6.14. The van der Waals surface area contributed by atoms with E-state index in [2.05, 4.69) is 15.5 Å². The van der Waals surface area contributed by atoms with Gasteiger partial charge in [0.2, 0.25) is 11.8 Å². The Kier molecular flexibility index (Phi) is 4.70. The van der Waals surface area contributed by atoms with E-state index in [1.54, 1.807) is 25.1 Å². The van der Waals surface area contributed by atoms with Gasteiger partial charge in [0, 0.05) is 37.0 Å². The minimum atomic E-state index is -0.487. The number of nitrogens with two attached hydrogens (primary N) is 1. The maximum absolute atomic E-state index is 11.0. The number of carbonyl (C=O) groups excluding carboxylic acids is 1. The minimum absolute atomic E-state index is 0.404. The van der Waals surface area contributed by atoms with Gasteiger partial charge in [-0.05, 0) is 17.7 Å². The van der Waals surface area contributed by atoms with E-state index in [1.807, 2.05) is 0 Å². The molecule has 2 rings (SSSR count). The van der Waals surface area contributed by atoms with E-state index in [1.165, 1.54) is 0 Å². The molecule has 1 aromatic heterocycles. The van der Waals surface area contributed by atoms with Crippen LogP contribution in [0, 0.1) is 6.92 Å². The fourth-order valence-corrected chi connectivity index (χ4v) is 1.96. The molecule has 0 fully saturated rings. The molecule has 1 heterocycles. The molecule has 2 aromatic rings. The zero-order valence-corrected chi connectivity index (χ0v) is 11.8. The van der Waals surface area contributed by atoms with E-state index < -0.39 is 5.91 Å². The second-order valence-corrected chi connectivity index (χ2v) is 4.73. The molecule has 7 heteroatoms. The topological polar surface area (TPSA) is 94.0 Å². The molecular weight excluding hydrogens is 280 g/mol. The maximum Gasteiger partial charge on any atom is 0.248 e. The molecule has 0 aliphatic carbocycles. The Hall–Kier alpha value is -1.92. The molecular formula is C13H15ClN4O2. The first kappa shape index (κ1) is 14.5. The summed E-state index contributed by atoms with van der Waals surface area (Å²) in [6, 6.07) is 5.02. The number of primary amides is 1. The quantitative estimate of drug-likeness (QED) is 0.787. The van der Waals surface area contributed by atoms with Gasteiger partial charge in [-0.2, -0.15) is 4.98 Å². The maximum atomic E-state index is 11.0. The van der Waals surface area contributed by atoms with Crippen molar-refractivity contribution in [1.82, 2.24) is 15.5 Å². The SMILES string of the molecule is Cc1nc(CCNCc2ccc(C(N)=O)cc2Cl)no1. The van der Waals surface area contributed by atoms with Gasteiger partial charge in [-0.15, -0.1) is 0 Å². The molecule has 0 atom stereocenters. The molecule has 3 N–H and O–H groups in total. The van der Waals surface area contributed by atoms with Crippen molar-refractivity contribution in [1.29, 1.82) is 0 Å². The summed E-state index contributed by atoms with van der Waals surface area (Å²) in [4.78, 5) is 15.1. The Morgan fingerprint density at radius 2 is 2.30 bits per heavy atom. The van der Waals surface area contributed by atoms with Crippen molar-refractivity contribution in [2.24, 2.45) is 5.73 Å². The normalized spacial score (nSPS) is 10.7. The van der Waals surface area contributed by atoms with Gasteiger partial charge < -0.3 is 15.6 Å². The summed E-state index contributed by atoms with van der Waals surface area (Å²) in [6.45, 7) is 3.05. The van der Waals surface area contributed by atoms with E-state index in [-0.39, 0.29) is 0 Å². The van der Waals surface area contributed by atoms with E-state index in [0.29, 0.717) is 41.8 Å². The Morgan fingerprint density at radius 1 is 1.50 bits per heavy atom. The summed E-state index contributed by atoms with van der Waals surface area (Å²) in [7, 11) is 0. The molecule has 0 unspecified atom stereocenters. The van der Waals surface area contributed by atoms with Gasteiger partial charge in [0.1, 0.15) is 0 Å². The highest BCUT2D eigenvalue weighted by molar-refractivity contribution is 6.31. The lowest BCUT2D eigenvalue weighted by Gasteiger charge is -2.06. The van der Waals surface area contributed by atoms with E-state index in [4.69, 9.17) is 21.9 Å². The summed E-state index contributed by atoms with van der Waals surface area (Å²) in [5.74, 6) is 0.745. The smallest absolute Gasteiger partial charge is 0.248 e. The minimum Gasteiger partial charge on any atom is -0.366 e. The molecule has 0 saturated heterocycles. The molecule has 20 heavy (non-hydrogen) atoms. The summed E-state index contributed by atoms with van der Waals surface area (Å²) < 4.78 is 4.88. The third-order valence-electron chi connectivity index (χ3n) is 2.75. The van der Waals surface area contributed by atoms with Gasteiger partial charge in [0.05, 0.1) is 0 Å². The lowest BCUT2D eigenvalue weighted by atomic mass is 10.1. The van der Waals surface area contributed by atoms with Gasteiger partial charge >= 0.3 is 0 Å². The summed E-state index contributed by atoms with van der Waals surface area (Å²) >= 11 is 6.09. The van der Waals surface area contributed by atoms with E-state index in [9.17, 15) is 4.79 Å². The number of amides is 1. The van der Waals surface area contributed by atoms with Gasteiger partial charge in [-0.25, -0.2) is 0 Å². The van der Waals surface area contributed by atoms with Crippen molar-refractivity contribution >= 4 is 17.5 Å². The van der Waals surface area contributed by atoms with Gasteiger partial charge in [0.15, 0.2) is 5.82 Å². The van der Waals surface area contributed by atoms with Crippen molar-refractivity contribution in [3.05, 3.63) is 46.1 Å². The second-order valence-electron chi connectivity index (χ2n) is 4.33. The average molecular weight is 295 g/mol. The van der Waals surface area contributed by atoms with Crippen LogP contribution in [0.25, 0.3) is 0 Å². The Morgan fingerprint density at radius 3 is 2.90 bits per heavy atom. The van der Waals surface area contributed by atoms with Crippen LogP contribution < -0.4 is 11.1 Å². The van der Waals surface area contributed by atoms with Crippen LogP contribution in [0.15, 0.2) is 22.7 Å². The second kappa shape index (κ2) is 6.49. The standard InChI is InChI=1S/C13H15ClN4O2/c1-8-17-12(18-20-8)4-5-16-7-10-3-2-9(13(15)19)6-11(10)14/h2-3,6,16H,4-5,7H2,1H3,(H2,15,19). The Balaban J connectivity index is 1.83. The average Bonchev–Trinajstić information content (AvgIpc) is 2.81. The third kappa shape index (κ3) is 3.79. The lowest BCUT2D eigenvalue weighted by Crippen LogP contribution is -2.18. The van der Waals surface area contributed by atoms with Crippen molar-refractivity contribution in [2.45, 2.75) is 19.9 Å². The first-order chi connectivity index (χ1) is 9.56. The van der Waals surface area contributed by atoms with Crippen LogP contribution in [0.1, 0.15) is 27.6 Å². The number of halogens is 1. The molecule has 0 aliphatic heterocycles. The monoisotopic (exact) mass is 294 g/mol. The fourth-order valence-electron chi connectivity index (χ4n) is 1.71. The van der Waals surface area contributed by atoms with Crippen LogP contribution >= 0.6 is 11.6 Å². The highest BCUT2D eigenvalue weighted by atomic mass is 35.5. The van der Waals surface area contributed by atoms with Crippen LogP contribution in [-0.2, 0) is 13.0 Å². The van der Waals surface area contributed by atoms with Crippen LogP contribution in [0.2, 0.25) is 5.02 Å². The number of nitrogens with zero attached hydrogens (tertiary/aromatic N) is 2. The predicted octanol–water partition coefficient (Wildman–Crippen LogP) is 1.46. The highest BCUT2D eigenvalue weighted by Gasteiger charge is 2.06. The predicted molar refractivity (Wildman–Crippen MR) is 74.4 cm³/mol. The summed E-state index contributed by atoms with van der Waals surface area (Å²) in [6.07, 6.45) is 0.675. The van der Waals surface area contributed by atoms with Crippen LogP contribution in [0.4, 0.5) is 0 Å². The van der Waals surface area contributed by atoms with Crippen molar-refractivity contribution in [2.75, 3.05) is 6.54 Å². The zero-order valence-electron chi connectivity index (χ0n) is 11.0. The summed E-state index contributed by atoms with van der Waals surface area (Å²) in [5.41, 5.74) is 6.49. The number of aromatic nitrogens is 2. The van der Waals surface area contributed by atoms with Crippen LogP contribution in [-0.4, -0.2) is 22.6 Å². The highest BCUT2D eigenvalue weighted by Crippen LogP contribution is 2.17. The van der Waals surface area contributed by atoms with Crippen molar-refractivity contribution in [3.8, 4) is 0 Å². The van der Waals surface area contributed by atoms with Crippen LogP contribution in [0.3, 0.4) is 0 Å². The zero-order chi connectivity index (χ0) is 14.5. The number of hydrogen-bond acceptors (Lipinski definition) is 5. The Bertz CT molecular complexity index is 612. The fraction of sp³-hybridized carbons (Fsp3) is 0.308. The van der Waals surface area contributed by atoms with Crippen molar-refractivity contribution < 1.29 is 9.32 Å². The Labute approximate surface area is 121 Å². The molecule has 1 amide bonds. The largest absolute Gasteiger partial charge is 0.366 e. The first-order valence-corrected chi connectivity index (χ1v) is 6.52. The molecule has 0 saturated carbocycles. The third-order valence-corrected chi connectivity index (χ3v) is 3.10. The number of benzene rings is 1. The number of hydrogen-bond donors (Lipinski definition) is 2. The number of carbonyl (C=O) groups is 1. The van der Waals surface area contributed by atoms with Crippen molar-refractivity contribution in [3.63, 3.8) is 0 Å². The summed E-state index contributed by atoms with van der Waals surface area (Å²) in [5, 5.41) is 7.55.